The molecule has 180 valence electrons. The minimum absolute atomic E-state index is 0.0471. The first kappa shape index (κ1) is 24.0. The molecule has 1 fully saturated rings. The highest BCUT2D eigenvalue weighted by Gasteiger charge is 2.35. The number of methoxy groups -OCH3 is 1. The highest BCUT2D eigenvalue weighted by Crippen LogP contribution is 2.30. The Balaban J connectivity index is 1.55. The Labute approximate surface area is 201 Å². The monoisotopic (exact) mass is 487 g/mol. The van der Waals surface area contributed by atoms with Gasteiger partial charge in [-0.05, 0) is 36.8 Å². The third-order valence-electron chi connectivity index (χ3n) is 6.07. The average molecular weight is 488 g/mol. The number of halogens is 2. The molecular formula is C24H27ClFN5O3. The number of aromatic amines is 1. The Morgan fingerprint density at radius 1 is 1.24 bits per heavy atom. The quantitative estimate of drug-likeness (QED) is 0.475. The Hall–Kier alpha value is -3.14. The highest BCUT2D eigenvalue weighted by atomic mass is 35.5. The maximum Gasteiger partial charge on any atom is 0.320 e. The Morgan fingerprint density at radius 3 is 2.71 bits per heavy atom. The molecule has 2 atom stereocenters. The first-order chi connectivity index (χ1) is 16.4. The van der Waals surface area contributed by atoms with E-state index in [9.17, 15) is 14.0 Å². The van der Waals surface area contributed by atoms with Gasteiger partial charge in [0.15, 0.2) is 0 Å². The summed E-state index contributed by atoms with van der Waals surface area (Å²) >= 11 is 6.02. The fourth-order valence-electron chi connectivity index (χ4n) is 4.26. The van der Waals surface area contributed by atoms with E-state index in [2.05, 4.69) is 20.6 Å². The predicted octanol–water partition coefficient (Wildman–Crippen LogP) is 3.50. The number of amides is 2. The number of carbonyl (C=O) groups excluding carboxylic acids is 1. The summed E-state index contributed by atoms with van der Waals surface area (Å²) in [6.45, 7) is 4.16. The summed E-state index contributed by atoms with van der Waals surface area (Å²) in [5.41, 5.74) is 1.67. The minimum Gasteiger partial charge on any atom is -0.383 e. The van der Waals surface area contributed by atoms with Crippen LogP contribution in [0.4, 0.5) is 15.0 Å². The van der Waals surface area contributed by atoms with E-state index in [-0.39, 0.29) is 22.5 Å². The van der Waals surface area contributed by atoms with E-state index in [1.54, 1.807) is 30.8 Å². The van der Waals surface area contributed by atoms with Crippen molar-refractivity contribution in [3.05, 3.63) is 80.9 Å². The van der Waals surface area contributed by atoms with Crippen LogP contribution < -0.4 is 16.2 Å². The molecule has 4 rings (SSSR count). The van der Waals surface area contributed by atoms with Gasteiger partial charge >= 0.3 is 6.03 Å². The van der Waals surface area contributed by atoms with Crippen LogP contribution >= 0.6 is 11.6 Å². The van der Waals surface area contributed by atoms with Gasteiger partial charge in [-0.15, -0.1) is 0 Å². The zero-order chi connectivity index (χ0) is 24.2. The zero-order valence-electron chi connectivity index (χ0n) is 19.0. The molecule has 0 saturated carbocycles. The lowest BCUT2D eigenvalue weighted by Gasteiger charge is -2.21. The lowest BCUT2D eigenvalue weighted by molar-refractivity contribution is 0.159. The number of ether oxygens (including phenoxy) is 1. The van der Waals surface area contributed by atoms with Crippen molar-refractivity contribution in [2.75, 3.05) is 38.7 Å². The molecule has 0 radical (unpaired) electrons. The maximum absolute atomic E-state index is 13.7. The van der Waals surface area contributed by atoms with E-state index in [0.717, 1.165) is 5.56 Å². The summed E-state index contributed by atoms with van der Waals surface area (Å²) in [7, 11) is 1.64. The second-order valence-electron chi connectivity index (χ2n) is 8.32. The fourth-order valence-corrected chi connectivity index (χ4v) is 4.45. The van der Waals surface area contributed by atoms with Crippen LogP contribution in [0, 0.1) is 12.7 Å². The predicted molar refractivity (Wildman–Crippen MR) is 130 cm³/mol. The lowest BCUT2D eigenvalue weighted by atomic mass is 9.94. The molecule has 10 heteroatoms. The Morgan fingerprint density at radius 2 is 2.00 bits per heavy atom. The topological polar surface area (TPSA) is 91.4 Å². The molecule has 3 aromatic rings. The molecular weight excluding hydrogens is 461 g/mol. The summed E-state index contributed by atoms with van der Waals surface area (Å²) < 4.78 is 20.5. The molecule has 3 N–H and O–H groups in total. The molecule has 1 aliphatic rings. The van der Waals surface area contributed by atoms with Gasteiger partial charge in [-0.2, -0.15) is 0 Å². The van der Waals surface area contributed by atoms with Gasteiger partial charge in [0.05, 0.1) is 28.9 Å². The number of anilines is 1. The van der Waals surface area contributed by atoms with E-state index < -0.39 is 11.8 Å². The van der Waals surface area contributed by atoms with Crippen LogP contribution in [0.2, 0.25) is 5.02 Å². The van der Waals surface area contributed by atoms with E-state index in [4.69, 9.17) is 16.3 Å². The molecule has 1 aliphatic heterocycles. The number of likely N-dealkylation sites (tertiary alicyclic amines) is 1. The van der Waals surface area contributed by atoms with Gasteiger partial charge in [0.25, 0.3) is 5.56 Å². The molecule has 2 amide bonds. The third-order valence-corrected chi connectivity index (χ3v) is 6.36. The smallest absolute Gasteiger partial charge is 0.320 e. The zero-order valence-corrected chi connectivity index (χ0v) is 19.7. The molecule has 2 heterocycles. The molecule has 8 nitrogen and oxygen atoms in total. The average Bonchev–Trinajstić information content (AvgIpc) is 3.35. The van der Waals surface area contributed by atoms with Gasteiger partial charge in [-0.1, -0.05) is 35.9 Å². The Bertz CT molecular complexity index is 1210. The second-order valence-corrected chi connectivity index (χ2v) is 8.73. The Kier molecular flexibility index (Phi) is 7.35. The van der Waals surface area contributed by atoms with Crippen molar-refractivity contribution in [1.29, 1.82) is 0 Å². The van der Waals surface area contributed by atoms with E-state index in [0.29, 0.717) is 43.3 Å². The van der Waals surface area contributed by atoms with E-state index >= 15 is 0 Å². The first-order valence-corrected chi connectivity index (χ1v) is 11.4. The number of H-pyrrole nitrogens is 1. The van der Waals surface area contributed by atoms with Crippen molar-refractivity contribution >= 4 is 23.4 Å². The van der Waals surface area contributed by atoms with Gasteiger partial charge in [-0.25, -0.2) is 13.9 Å². The minimum atomic E-state index is -0.483. The SMILES string of the molecule is COCCN1C[C@@H](NC(=O)Nc2c(C)c(=O)[nH]n2-c2ccccc2)[C@H](c2ccc(F)c(Cl)c2)C1. The van der Waals surface area contributed by atoms with Crippen LogP contribution in [0.1, 0.15) is 17.0 Å². The first-order valence-electron chi connectivity index (χ1n) is 11.0. The van der Waals surface area contributed by atoms with Gasteiger partial charge < -0.3 is 10.1 Å². The number of benzene rings is 2. The van der Waals surface area contributed by atoms with Crippen LogP contribution in [0.3, 0.4) is 0 Å². The van der Waals surface area contributed by atoms with Crippen LogP contribution in [0.15, 0.2) is 53.3 Å². The van der Waals surface area contributed by atoms with Crippen LogP contribution in [-0.2, 0) is 4.74 Å². The summed E-state index contributed by atoms with van der Waals surface area (Å²) in [5, 5.41) is 8.66. The normalized spacial score (nSPS) is 18.2. The molecule has 2 aromatic carbocycles. The van der Waals surface area contributed by atoms with Crippen molar-refractivity contribution < 1.29 is 13.9 Å². The summed E-state index contributed by atoms with van der Waals surface area (Å²) in [4.78, 5) is 27.5. The fraction of sp³-hybridized carbons (Fsp3) is 0.333. The number of carbonyl (C=O) groups is 1. The largest absolute Gasteiger partial charge is 0.383 e. The van der Waals surface area contributed by atoms with Crippen molar-refractivity contribution in [2.45, 2.75) is 18.9 Å². The number of rotatable bonds is 7. The van der Waals surface area contributed by atoms with Crippen LogP contribution in [0.5, 0.6) is 0 Å². The van der Waals surface area contributed by atoms with Crippen molar-refractivity contribution in [1.82, 2.24) is 20.0 Å². The number of hydrogen-bond acceptors (Lipinski definition) is 4. The molecule has 1 aromatic heterocycles. The summed E-state index contributed by atoms with van der Waals surface area (Å²) in [6.07, 6.45) is 0. The molecule has 0 aliphatic carbocycles. The number of aromatic nitrogens is 2. The van der Waals surface area contributed by atoms with E-state index in [1.807, 2.05) is 30.3 Å². The number of nitrogens with zero attached hydrogens (tertiary/aromatic N) is 2. The molecule has 0 unspecified atom stereocenters. The number of para-hydroxylation sites is 1. The van der Waals surface area contributed by atoms with Crippen molar-refractivity contribution in [2.24, 2.45) is 0 Å². The van der Waals surface area contributed by atoms with Crippen molar-refractivity contribution in [3.8, 4) is 5.69 Å². The molecule has 0 spiro atoms. The second kappa shape index (κ2) is 10.4. The number of nitrogens with one attached hydrogen (secondary N) is 3. The highest BCUT2D eigenvalue weighted by molar-refractivity contribution is 6.30. The molecule has 0 bridgehead atoms. The van der Waals surface area contributed by atoms with E-state index in [1.165, 1.54) is 6.07 Å². The van der Waals surface area contributed by atoms with Gasteiger partial charge in [-0.3, -0.25) is 20.1 Å². The standard InChI is InChI=1S/C24H27ClFN5O3/c1-15-22(31(29-23(15)32)17-6-4-3-5-7-17)28-24(33)27-21-14-30(10-11-34-2)13-18(21)16-8-9-20(26)19(25)12-16/h3-9,12,18,21H,10-11,13-14H2,1-2H3,(H,29,32)(H2,27,28,33)/t18-,21+/m0/s1. The third kappa shape index (κ3) is 5.16. The lowest BCUT2D eigenvalue weighted by Crippen LogP contribution is -2.42. The molecule has 34 heavy (non-hydrogen) atoms. The van der Waals surface area contributed by atoms with Crippen molar-refractivity contribution in [3.63, 3.8) is 0 Å². The van der Waals surface area contributed by atoms with Gasteiger partial charge in [0.2, 0.25) is 0 Å². The summed E-state index contributed by atoms with van der Waals surface area (Å²) in [5.74, 6) is -0.211. The molecule has 1 saturated heterocycles. The van der Waals surface area contributed by atoms with Gasteiger partial charge in [0, 0.05) is 32.7 Å². The van der Waals surface area contributed by atoms with Crippen LogP contribution in [0.25, 0.3) is 5.69 Å². The van der Waals surface area contributed by atoms with Crippen LogP contribution in [-0.4, -0.2) is 60.1 Å². The van der Waals surface area contributed by atoms with Gasteiger partial charge in [0.1, 0.15) is 11.6 Å². The number of urea groups is 1. The maximum atomic E-state index is 13.7. The number of hydrogen-bond donors (Lipinski definition) is 3. The summed E-state index contributed by atoms with van der Waals surface area (Å²) in [6, 6.07) is 13.2.